The van der Waals surface area contributed by atoms with Crippen LogP contribution in [-0.2, 0) is 10.0 Å². The number of carbonyl (C=O) groups excluding carboxylic acids is 1. The summed E-state index contributed by atoms with van der Waals surface area (Å²) in [4.78, 5) is 20.4. The molecule has 0 unspecified atom stereocenters. The molecule has 0 saturated heterocycles. The van der Waals surface area contributed by atoms with Gasteiger partial charge in [-0.25, -0.2) is 18.4 Å². The minimum Gasteiger partial charge on any atom is -0.490 e. The van der Waals surface area contributed by atoms with Crippen LogP contribution in [0.25, 0.3) is 0 Å². The normalized spacial score (nSPS) is 11.2. The fourth-order valence-electron chi connectivity index (χ4n) is 2.64. The first kappa shape index (κ1) is 23.5. The molecule has 168 valence electrons. The van der Waals surface area contributed by atoms with Crippen LogP contribution in [0, 0.1) is 0 Å². The highest BCUT2D eigenvalue weighted by atomic mass is 79.9. The molecule has 9 nitrogen and oxygen atoms in total. The molecule has 0 bridgehead atoms. The Morgan fingerprint density at radius 1 is 1.06 bits per heavy atom. The number of halogens is 1. The molecule has 0 aliphatic heterocycles. The number of carbonyl (C=O) groups is 1. The Morgan fingerprint density at radius 3 is 2.38 bits per heavy atom. The quantitative estimate of drug-likeness (QED) is 0.458. The average molecular weight is 521 g/mol. The number of nitrogens with zero attached hydrogens (tertiary/aromatic N) is 2. The van der Waals surface area contributed by atoms with Crippen molar-refractivity contribution < 1.29 is 22.7 Å². The molecule has 0 radical (unpaired) electrons. The summed E-state index contributed by atoms with van der Waals surface area (Å²) in [5, 5.41) is 2.73. The molecule has 2 N–H and O–H groups in total. The number of methoxy groups -OCH3 is 1. The Balaban J connectivity index is 1.71. The second-order valence-electron chi connectivity index (χ2n) is 6.81. The Bertz CT molecular complexity index is 1220. The zero-order valence-electron chi connectivity index (χ0n) is 17.5. The zero-order valence-corrected chi connectivity index (χ0v) is 19.9. The van der Waals surface area contributed by atoms with Crippen LogP contribution in [0.4, 0.5) is 11.5 Å². The maximum atomic E-state index is 12.6. The second-order valence-corrected chi connectivity index (χ2v) is 9.35. The summed E-state index contributed by atoms with van der Waals surface area (Å²) >= 11 is 3.40. The van der Waals surface area contributed by atoms with Crippen LogP contribution in [-0.4, -0.2) is 37.5 Å². The maximum Gasteiger partial charge on any atom is 0.263 e. The molecule has 0 atom stereocenters. The van der Waals surface area contributed by atoms with Crippen molar-refractivity contribution in [1.82, 2.24) is 9.97 Å². The fourth-order valence-corrected chi connectivity index (χ4v) is 4.12. The van der Waals surface area contributed by atoms with Crippen LogP contribution in [0.5, 0.6) is 11.6 Å². The number of aromatic nitrogens is 2. The van der Waals surface area contributed by atoms with Crippen molar-refractivity contribution >= 4 is 43.4 Å². The number of amides is 1. The fraction of sp³-hybridized carbons (Fsp3) is 0.190. The van der Waals surface area contributed by atoms with Gasteiger partial charge in [-0.1, -0.05) is 0 Å². The molecule has 2 aromatic carbocycles. The predicted octanol–water partition coefficient (Wildman–Crippen LogP) is 4.09. The highest BCUT2D eigenvalue weighted by Crippen LogP contribution is 2.27. The van der Waals surface area contributed by atoms with E-state index in [9.17, 15) is 13.2 Å². The number of rotatable bonds is 8. The Labute approximate surface area is 194 Å². The van der Waals surface area contributed by atoms with Crippen molar-refractivity contribution in [3.05, 3.63) is 64.9 Å². The number of nitrogens with one attached hydrogen (secondary N) is 2. The Hall–Kier alpha value is -3.18. The molecule has 1 aromatic heterocycles. The van der Waals surface area contributed by atoms with Crippen molar-refractivity contribution in [2.45, 2.75) is 24.8 Å². The van der Waals surface area contributed by atoms with Crippen LogP contribution in [0.1, 0.15) is 24.2 Å². The number of sulfonamides is 1. The summed E-state index contributed by atoms with van der Waals surface area (Å²) in [7, 11) is -2.57. The van der Waals surface area contributed by atoms with Gasteiger partial charge >= 0.3 is 0 Å². The number of ether oxygens (including phenoxy) is 2. The van der Waals surface area contributed by atoms with E-state index in [1.165, 1.54) is 43.8 Å². The van der Waals surface area contributed by atoms with Gasteiger partial charge in [-0.3, -0.25) is 9.52 Å². The molecule has 11 heteroatoms. The predicted molar refractivity (Wildman–Crippen MR) is 124 cm³/mol. The lowest BCUT2D eigenvalue weighted by molar-refractivity contribution is 0.102. The van der Waals surface area contributed by atoms with E-state index >= 15 is 0 Å². The van der Waals surface area contributed by atoms with Crippen molar-refractivity contribution in [2.75, 3.05) is 17.1 Å². The third kappa shape index (κ3) is 5.74. The molecule has 1 heterocycles. The van der Waals surface area contributed by atoms with E-state index in [4.69, 9.17) is 9.47 Å². The molecular weight excluding hydrogens is 500 g/mol. The Morgan fingerprint density at radius 2 is 1.75 bits per heavy atom. The summed E-state index contributed by atoms with van der Waals surface area (Å²) in [6.07, 6.45) is 2.74. The summed E-state index contributed by atoms with van der Waals surface area (Å²) in [5.41, 5.74) is 0.853. The largest absolute Gasteiger partial charge is 0.490 e. The molecule has 3 rings (SSSR count). The molecule has 0 aliphatic rings. The minimum absolute atomic E-state index is 0.00489. The number of hydrogen-bond acceptors (Lipinski definition) is 7. The van der Waals surface area contributed by atoms with Crippen molar-refractivity contribution in [3.8, 4) is 11.6 Å². The molecule has 1 amide bonds. The van der Waals surface area contributed by atoms with Gasteiger partial charge in [-0.15, -0.1) is 0 Å². The van der Waals surface area contributed by atoms with Gasteiger partial charge in [-0.05, 0) is 72.2 Å². The first-order valence-electron chi connectivity index (χ1n) is 9.45. The molecule has 0 spiro atoms. The lowest BCUT2D eigenvalue weighted by Gasteiger charge is -2.13. The lowest BCUT2D eigenvalue weighted by atomic mass is 10.2. The molecule has 0 aliphatic carbocycles. The smallest absolute Gasteiger partial charge is 0.263 e. The Kier molecular flexibility index (Phi) is 7.31. The summed E-state index contributed by atoms with van der Waals surface area (Å²) < 4.78 is 38.9. The van der Waals surface area contributed by atoms with Gasteiger partial charge in [0.05, 0.1) is 22.6 Å². The first-order valence-corrected chi connectivity index (χ1v) is 11.7. The first-order chi connectivity index (χ1) is 15.2. The van der Waals surface area contributed by atoms with E-state index in [1.807, 2.05) is 13.8 Å². The summed E-state index contributed by atoms with van der Waals surface area (Å²) in [6.45, 7) is 3.83. The lowest BCUT2D eigenvalue weighted by Crippen LogP contribution is -2.15. The third-order valence-corrected chi connectivity index (χ3v) is 6.04. The van der Waals surface area contributed by atoms with Gasteiger partial charge in [-0.2, -0.15) is 0 Å². The van der Waals surface area contributed by atoms with Gasteiger partial charge in [0.1, 0.15) is 5.75 Å². The maximum absolute atomic E-state index is 12.6. The van der Waals surface area contributed by atoms with Gasteiger partial charge < -0.3 is 14.8 Å². The van der Waals surface area contributed by atoms with E-state index in [0.717, 1.165) is 0 Å². The van der Waals surface area contributed by atoms with E-state index in [-0.39, 0.29) is 28.6 Å². The molecule has 32 heavy (non-hydrogen) atoms. The van der Waals surface area contributed by atoms with Crippen LogP contribution in [0.2, 0.25) is 0 Å². The van der Waals surface area contributed by atoms with E-state index < -0.39 is 10.0 Å². The molecule has 0 saturated carbocycles. The molecular formula is C21H21BrN4O5S. The monoisotopic (exact) mass is 520 g/mol. The summed E-state index contributed by atoms with van der Waals surface area (Å²) in [6, 6.07) is 10.7. The van der Waals surface area contributed by atoms with Gasteiger partial charge in [0.25, 0.3) is 21.8 Å². The number of hydrogen-bond donors (Lipinski definition) is 2. The van der Waals surface area contributed by atoms with Crippen molar-refractivity contribution in [3.63, 3.8) is 0 Å². The average Bonchev–Trinajstić information content (AvgIpc) is 2.75. The molecule has 3 aromatic rings. The van der Waals surface area contributed by atoms with Crippen molar-refractivity contribution in [2.24, 2.45) is 0 Å². The number of anilines is 2. The second kappa shape index (κ2) is 9.96. The van der Waals surface area contributed by atoms with Crippen LogP contribution >= 0.6 is 15.9 Å². The van der Waals surface area contributed by atoms with Crippen LogP contribution < -0.4 is 19.5 Å². The van der Waals surface area contributed by atoms with Gasteiger partial charge in [0.15, 0.2) is 0 Å². The zero-order chi connectivity index (χ0) is 23.3. The highest BCUT2D eigenvalue weighted by molar-refractivity contribution is 9.10. The van der Waals surface area contributed by atoms with Crippen LogP contribution in [0.15, 0.2) is 64.2 Å². The SMILES string of the molecule is COc1nccnc1NS(=O)(=O)c1ccc(NC(=O)c2ccc(OC(C)C)c(Br)c2)cc1. The third-order valence-electron chi connectivity index (χ3n) is 4.07. The minimum atomic E-state index is -3.93. The van der Waals surface area contributed by atoms with E-state index in [2.05, 4.69) is 35.9 Å². The van der Waals surface area contributed by atoms with Gasteiger partial charge in [0, 0.05) is 23.6 Å². The summed E-state index contributed by atoms with van der Waals surface area (Å²) in [5.74, 6) is 0.317. The van der Waals surface area contributed by atoms with Crippen molar-refractivity contribution in [1.29, 1.82) is 0 Å². The highest BCUT2D eigenvalue weighted by Gasteiger charge is 2.18. The molecule has 0 fully saturated rings. The standard InChI is InChI=1S/C21H21BrN4O5S/c1-13(2)31-18-9-4-14(12-17(18)22)20(27)25-15-5-7-16(8-6-15)32(28,29)26-19-21(30-3)24-11-10-23-19/h4-13H,1-3H3,(H,23,26)(H,25,27). The van der Waals surface area contributed by atoms with Crippen LogP contribution in [0.3, 0.4) is 0 Å². The van der Waals surface area contributed by atoms with Gasteiger partial charge in [0.2, 0.25) is 5.82 Å². The topological polar surface area (TPSA) is 120 Å². The van der Waals surface area contributed by atoms with E-state index in [0.29, 0.717) is 21.5 Å². The number of benzene rings is 2. The van der Waals surface area contributed by atoms with E-state index in [1.54, 1.807) is 18.2 Å².